The summed E-state index contributed by atoms with van der Waals surface area (Å²) in [5.41, 5.74) is 6.85. The Hall–Kier alpha value is -1.70. The zero-order chi connectivity index (χ0) is 15.6. The Labute approximate surface area is 128 Å². The summed E-state index contributed by atoms with van der Waals surface area (Å²) in [6, 6.07) is -0.202. The van der Waals surface area contributed by atoms with Gasteiger partial charge in [-0.2, -0.15) is 5.10 Å². The van der Waals surface area contributed by atoms with Gasteiger partial charge < -0.3 is 16.0 Å². The minimum Gasteiger partial charge on any atom is -0.369 e. The number of rotatable bonds is 3. The molecule has 1 saturated heterocycles. The van der Waals surface area contributed by atoms with Crippen LogP contribution >= 0.6 is 11.8 Å². The molecule has 1 aliphatic rings. The third kappa shape index (κ3) is 3.31. The van der Waals surface area contributed by atoms with Gasteiger partial charge in [-0.05, 0) is 26.0 Å². The lowest BCUT2D eigenvalue weighted by atomic mass is 9.98. The highest BCUT2D eigenvalue weighted by molar-refractivity contribution is 7.98. The summed E-state index contributed by atoms with van der Waals surface area (Å²) in [6.45, 7) is 2.89. The standard InChI is InChI=1S/C13H21N5O2S/c1-8-10(12(21-3)17(2)16-8)15-13(20)18-6-4-5-9(7-18)11(14)19/h9H,4-7H2,1-3H3,(H2,14,19)(H,15,20)/t9-/m0/s1. The van der Waals surface area contributed by atoms with E-state index >= 15 is 0 Å². The molecule has 0 spiro atoms. The maximum absolute atomic E-state index is 12.4. The second kappa shape index (κ2) is 6.38. The lowest BCUT2D eigenvalue weighted by Crippen LogP contribution is -2.45. The van der Waals surface area contributed by atoms with E-state index in [1.54, 1.807) is 9.58 Å². The number of thioether (sulfide) groups is 1. The van der Waals surface area contributed by atoms with Crippen LogP contribution in [-0.2, 0) is 11.8 Å². The van der Waals surface area contributed by atoms with Crippen LogP contribution in [0, 0.1) is 12.8 Å². The Morgan fingerprint density at radius 3 is 2.81 bits per heavy atom. The molecule has 0 aromatic carbocycles. The van der Waals surface area contributed by atoms with E-state index in [-0.39, 0.29) is 17.9 Å². The monoisotopic (exact) mass is 311 g/mol. The number of anilines is 1. The zero-order valence-electron chi connectivity index (χ0n) is 12.5. The summed E-state index contributed by atoms with van der Waals surface area (Å²) < 4.78 is 1.75. The molecule has 0 unspecified atom stereocenters. The van der Waals surface area contributed by atoms with Crippen molar-refractivity contribution in [1.29, 1.82) is 0 Å². The van der Waals surface area contributed by atoms with Crippen LogP contribution < -0.4 is 11.1 Å². The number of hydrogen-bond donors (Lipinski definition) is 2. The van der Waals surface area contributed by atoms with E-state index in [1.165, 1.54) is 11.8 Å². The van der Waals surface area contributed by atoms with Gasteiger partial charge in [0, 0.05) is 20.1 Å². The van der Waals surface area contributed by atoms with Gasteiger partial charge in [0.2, 0.25) is 5.91 Å². The van der Waals surface area contributed by atoms with Crippen LogP contribution in [-0.4, -0.2) is 46.0 Å². The Balaban J connectivity index is 2.09. The third-order valence-corrected chi connectivity index (χ3v) is 4.56. The molecular formula is C13H21N5O2S. The topological polar surface area (TPSA) is 93.2 Å². The van der Waals surface area contributed by atoms with Gasteiger partial charge in [-0.25, -0.2) is 4.79 Å². The second-order valence-corrected chi connectivity index (χ2v) is 6.01. The Morgan fingerprint density at radius 2 is 2.19 bits per heavy atom. The van der Waals surface area contributed by atoms with Crippen molar-refractivity contribution in [3.8, 4) is 0 Å². The number of carbonyl (C=O) groups excluding carboxylic acids is 2. The lowest BCUT2D eigenvalue weighted by Gasteiger charge is -2.31. The molecule has 8 heteroatoms. The summed E-state index contributed by atoms with van der Waals surface area (Å²) >= 11 is 1.53. The fraction of sp³-hybridized carbons (Fsp3) is 0.615. The fourth-order valence-corrected chi connectivity index (χ4v) is 3.30. The molecule has 21 heavy (non-hydrogen) atoms. The largest absolute Gasteiger partial charge is 0.369 e. The van der Waals surface area contributed by atoms with Gasteiger partial charge in [-0.1, -0.05) is 0 Å². The first kappa shape index (κ1) is 15.7. The molecule has 0 saturated carbocycles. The predicted octanol–water partition coefficient (Wildman–Crippen LogP) is 1.18. The number of hydrogen-bond acceptors (Lipinski definition) is 4. The Kier molecular flexibility index (Phi) is 4.76. The molecule has 1 atom stereocenters. The summed E-state index contributed by atoms with van der Waals surface area (Å²) in [6.07, 6.45) is 3.49. The average molecular weight is 311 g/mol. The SMILES string of the molecule is CSc1c(NC(=O)N2CCC[C@H](C(N)=O)C2)c(C)nn1C. The molecule has 1 aromatic rings. The molecule has 0 bridgehead atoms. The molecule has 0 aliphatic carbocycles. The van der Waals surface area contributed by atoms with Crippen LogP contribution in [0.1, 0.15) is 18.5 Å². The molecule has 3 amide bonds. The van der Waals surface area contributed by atoms with Crippen LogP contribution in [0.25, 0.3) is 0 Å². The number of aromatic nitrogens is 2. The first-order valence-corrected chi connectivity index (χ1v) is 8.09. The number of primary amides is 1. The van der Waals surface area contributed by atoms with Gasteiger partial charge in [-0.3, -0.25) is 9.48 Å². The van der Waals surface area contributed by atoms with E-state index in [0.717, 1.165) is 29.2 Å². The van der Waals surface area contributed by atoms with Gasteiger partial charge in [0.25, 0.3) is 0 Å². The van der Waals surface area contributed by atoms with E-state index in [1.807, 2.05) is 20.2 Å². The maximum atomic E-state index is 12.4. The zero-order valence-corrected chi connectivity index (χ0v) is 13.4. The maximum Gasteiger partial charge on any atom is 0.321 e. The second-order valence-electron chi connectivity index (χ2n) is 5.21. The number of piperidine rings is 1. The minimum atomic E-state index is -0.338. The average Bonchev–Trinajstić information content (AvgIpc) is 2.72. The molecule has 2 heterocycles. The number of aryl methyl sites for hydroxylation is 2. The number of nitrogens with two attached hydrogens (primary N) is 1. The van der Waals surface area contributed by atoms with Crippen molar-refractivity contribution >= 4 is 29.4 Å². The third-order valence-electron chi connectivity index (χ3n) is 3.71. The molecule has 0 radical (unpaired) electrons. The van der Waals surface area contributed by atoms with Crippen molar-refractivity contribution in [1.82, 2.24) is 14.7 Å². The van der Waals surface area contributed by atoms with Crippen LogP contribution in [0.5, 0.6) is 0 Å². The number of nitrogens with zero attached hydrogens (tertiary/aromatic N) is 3. The van der Waals surface area contributed by atoms with Crippen LogP contribution in [0.2, 0.25) is 0 Å². The fourth-order valence-electron chi connectivity index (χ4n) is 2.59. The highest BCUT2D eigenvalue weighted by Crippen LogP contribution is 2.28. The lowest BCUT2D eigenvalue weighted by molar-refractivity contribution is -0.123. The van der Waals surface area contributed by atoms with Crippen LogP contribution in [0.3, 0.4) is 0 Å². The van der Waals surface area contributed by atoms with Crippen molar-refractivity contribution in [2.75, 3.05) is 24.7 Å². The normalized spacial score (nSPS) is 18.6. The van der Waals surface area contributed by atoms with E-state index in [2.05, 4.69) is 10.4 Å². The van der Waals surface area contributed by atoms with E-state index in [9.17, 15) is 9.59 Å². The summed E-state index contributed by atoms with van der Waals surface area (Å²) in [4.78, 5) is 25.3. The Morgan fingerprint density at radius 1 is 1.48 bits per heavy atom. The highest BCUT2D eigenvalue weighted by Gasteiger charge is 2.28. The summed E-state index contributed by atoms with van der Waals surface area (Å²) in [5, 5.41) is 8.13. The Bertz CT molecular complexity index is 557. The van der Waals surface area contributed by atoms with E-state index in [4.69, 9.17) is 5.73 Å². The summed E-state index contributed by atoms with van der Waals surface area (Å²) in [7, 11) is 1.85. The highest BCUT2D eigenvalue weighted by atomic mass is 32.2. The van der Waals surface area contributed by atoms with Crippen molar-refractivity contribution in [3.63, 3.8) is 0 Å². The number of carbonyl (C=O) groups is 2. The first-order chi connectivity index (χ1) is 9.93. The van der Waals surface area contributed by atoms with Crippen molar-refractivity contribution < 1.29 is 9.59 Å². The van der Waals surface area contributed by atoms with Crippen LogP contribution in [0.4, 0.5) is 10.5 Å². The van der Waals surface area contributed by atoms with Crippen molar-refractivity contribution in [3.05, 3.63) is 5.69 Å². The van der Waals surface area contributed by atoms with E-state index in [0.29, 0.717) is 13.1 Å². The molecule has 116 valence electrons. The van der Waals surface area contributed by atoms with Crippen LogP contribution in [0.15, 0.2) is 5.03 Å². The molecule has 3 N–H and O–H groups in total. The first-order valence-electron chi connectivity index (χ1n) is 6.86. The van der Waals surface area contributed by atoms with E-state index < -0.39 is 0 Å². The number of likely N-dealkylation sites (tertiary alicyclic amines) is 1. The molecular weight excluding hydrogens is 290 g/mol. The molecule has 7 nitrogen and oxygen atoms in total. The molecule has 2 rings (SSSR count). The van der Waals surface area contributed by atoms with Crippen molar-refractivity contribution in [2.45, 2.75) is 24.8 Å². The van der Waals surface area contributed by atoms with Gasteiger partial charge >= 0.3 is 6.03 Å². The van der Waals surface area contributed by atoms with Gasteiger partial charge in [0.15, 0.2) is 0 Å². The van der Waals surface area contributed by atoms with Gasteiger partial charge in [0.1, 0.15) is 5.03 Å². The van der Waals surface area contributed by atoms with Gasteiger partial charge in [-0.15, -0.1) is 11.8 Å². The quantitative estimate of drug-likeness (QED) is 0.820. The minimum absolute atomic E-state index is 0.202. The molecule has 1 aromatic heterocycles. The number of nitrogens with one attached hydrogen (secondary N) is 1. The number of amides is 3. The smallest absolute Gasteiger partial charge is 0.321 e. The number of urea groups is 1. The molecule has 1 aliphatic heterocycles. The predicted molar refractivity (Wildman–Crippen MR) is 82.2 cm³/mol. The molecule has 1 fully saturated rings. The van der Waals surface area contributed by atoms with Gasteiger partial charge in [0.05, 0.1) is 17.3 Å². The van der Waals surface area contributed by atoms with Crippen molar-refractivity contribution in [2.24, 2.45) is 18.7 Å². The summed E-state index contributed by atoms with van der Waals surface area (Å²) in [5.74, 6) is -0.589.